The second kappa shape index (κ2) is 5.50. The molecule has 0 aromatic heterocycles. The van der Waals surface area contributed by atoms with Crippen molar-refractivity contribution in [3.63, 3.8) is 0 Å². The van der Waals surface area contributed by atoms with Crippen LogP contribution in [0.5, 0.6) is 0 Å². The normalized spacial score (nSPS) is 23.0. The molecule has 0 amide bonds. The third-order valence-corrected chi connectivity index (χ3v) is 4.08. The first-order valence-electron chi connectivity index (χ1n) is 7.05. The van der Waals surface area contributed by atoms with E-state index in [9.17, 15) is 9.90 Å². The second-order valence-electron chi connectivity index (χ2n) is 6.69. The summed E-state index contributed by atoms with van der Waals surface area (Å²) in [6, 6.07) is 7.27. The van der Waals surface area contributed by atoms with E-state index in [0.717, 1.165) is 12.1 Å². The third kappa shape index (κ3) is 3.69. The zero-order valence-corrected chi connectivity index (χ0v) is 13.6. The molecule has 5 heteroatoms. The fourth-order valence-electron chi connectivity index (χ4n) is 3.20. The van der Waals surface area contributed by atoms with Gasteiger partial charge in [-0.2, -0.15) is 0 Å². The molecule has 1 aromatic rings. The first-order chi connectivity index (χ1) is 9.61. The summed E-state index contributed by atoms with van der Waals surface area (Å²) in [4.78, 5) is 13.2. The number of hydrogen-bond acceptors (Lipinski definition) is 3. The van der Waals surface area contributed by atoms with Gasteiger partial charge in [0.05, 0.1) is 17.2 Å². The molecule has 0 saturated carbocycles. The number of carboxylic acids is 1. The summed E-state index contributed by atoms with van der Waals surface area (Å²) in [6.45, 7) is 8.00. The average Bonchev–Trinajstić information content (AvgIpc) is 2.54. The lowest BCUT2D eigenvalue weighted by Gasteiger charge is -2.37. The molecule has 1 saturated heterocycles. The van der Waals surface area contributed by atoms with Crippen LogP contribution in [0.25, 0.3) is 0 Å². The molecule has 1 aliphatic heterocycles. The van der Waals surface area contributed by atoms with Crippen molar-refractivity contribution in [2.75, 3.05) is 11.4 Å². The molecule has 116 valence electrons. The molecule has 1 aliphatic rings. The molecular formula is C16H22ClNO3. The Morgan fingerprint density at radius 2 is 2.10 bits per heavy atom. The fourth-order valence-corrected chi connectivity index (χ4v) is 3.39. The molecule has 4 nitrogen and oxygen atoms in total. The van der Waals surface area contributed by atoms with Crippen molar-refractivity contribution in [1.29, 1.82) is 0 Å². The summed E-state index contributed by atoms with van der Waals surface area (Å²) < 4.78 is 6.10. The van der Waals surface area contributed by atoms with Crippen molar-refractivity contribution >= 4 is 23.3 Å². The van der Waals surface area contributed by atoms with Gasteiger partial charge in [0.15, 0.2) is 0 Å². The van der Waals surface area contributed by atoms with E-state index in [-0.39, 0.29) is 18.2 Å². The Bertz CT molecular complexity index is 542. The highest BCUT2D eigenvalue weighted by Gasteiger charge is 2.48. The van der Waals surface area contributed by atoms with Crippen LogP contribution in [0.3, 0.4) is 0 Å². The highest BCUT2D eigenvalue weighted by Crippen LogP contribution is 2.41. The second-order valence-corrected chi connectivity index (χ2v) is 7.12. The summed E-state index contributed by atoms with van der Waals surface area (Å²) in [6.07, 6.45) is 0.764. The molecule has 21 heavy (non-hydrogen) atoms. The van der Waals surface area contributed by atoms with Gasteiger partial charge >= 0.3 is 5.97 Å². The van der Waals surface area contributed by atoms with E-state index in [2.05, 4.69) is 0 Å². The standard InChI is InChI=1S/C16H22ClNO3/c1-15(2)9-13(16(3,4)21-15)18(10-14(19)20)12-7-5-6-11(17)8-12/h5-8,13H,9-10H2,1-4H3,(H,19,20). The Kier molecular flexibility index (Phi) is 4.22. The predicted octanol–water partition coefficient (Wildman–Crippen LogP) is 3.58. The van der Waals surface area contributed by atoms with Gasteiger partial charge in [0.25, 0.3) is 0 Å². The number of halogens is 1. The van der Waals surface area contributed by atoms with Crippen LogP contribution in [0.15, 0.2) is 24.3 Å². The van der Waals surface area contributed by atoms with E-state index in [4.69, 9.17) is 16.3 Å². The minimum Gasteiger partial charge on any atom is -0.480 e. The van der Waals surface area contributed by atoms with Crippen LogP contribution in [0.4, 0.5) is 5.69 Å². The van der Waals surface area contributed by atoms with Crippen molar-refractivity contribution in [3.05, 3.63) is 29.3 Å². The van der Waals surface area contributed by atoms with Crippen LogP contribution in [0, 0.1) is 0 Å². The maximum atomic E-state index is 11.3. The number of aliphatic carboxylic acids is 1. The van der Waals surface area contributed by atoms with Gasteiger partial charge in [0.1, 0.15) is 6.54 Å². The number of rotatable bonds is 4. The predicted molar refractivity (Wildman–Crippen MR) is 84.1 cm³/mol. The summed E-state index contributed by atoms with van der Waals surface area (Å²) in [7, 11) is 0. The van der Waals surface area contributed by atoms with Crippen molar-refractivity contribution in [3.8, 4) is 0 Å². The van der Waals surface area contributed by atoms with Gasteiger partial charge in [0, 0.05) is 10.7 Å². The Balaban J connectivity index is 2.39. The molecule has 1 N–H and O–H groups in total. The number of anilines is 1. The first-order valence-corrected chi connectivity index (χ1v) is 7.43. The fraction of sp³-hybridized carbons (Fsp3) is 0.562. The van der Waals surface area contributed by atoms with Crippen LogP contribution in [-0.4, -0.2) is 34.9 Å². The van der Waals surface area contributed by atoms with E-state index < -0.39 is 11.6 Å². The van der Waals surface area contributed by atoms with Gasteiger partial charge in [-0.05, 0) is 52.3 Å². The Labute approximate surface area is 130 Å². The highest BCUT2D eigenvalue weighted by molar-refractivity contribution is 6.30. The third-order valence-electron chi connectivity index (χ3n) is 3.85. The summed E-state index contributed by atoms with van der Waals surface area (Å²) in [5.41, 5.74) is 0.106. The number of carboxylic acid groups (broad SMARTS) is 1. The molecule has 2 rings (SSSR count). The lowest BCUT2D eigenvalue weighted by Crippen LogP contribution is -2.48. The molecule has 0 bridgehead atoms. The molecule has 0 spiro atoms. The molecule has 1 fully saturated rings. The number of benzene rings is 1. The van der Waals surface area contributed by atoms with Crippen molar-refractivity contribution in [1.82, 2.24) is 0 Å². The summed E-state index contributed by atoms with van der Waals surface area (Å²) >= 11 is 6.05. The zero-order chi connectivity index (χ0) is 15.8. The minimum atomic E-state index is -0.865. The van der Waals surface area contributed by atoms with Crippen LogP contribution in [0.1, 0.15) is 34.1 Å². The summed E-state index contributed by atoms with van der Waals surface area (Å²) in [5, 5.41) is 9.86. The lowest BCUT2D eigenvalue weighted by atomic mass is 9.92. The molecule has 1 unspecified atom stereocenters. The number of hydrogen-bond donors (Lipinski definition) is 1. The molecule has 0 aliphatic carbocycles. The summed E-state index contributed by atoms with van der Waals surface area (Å²) in [5.74, 6) is -0.865. The molecular weight excluding hydrogens is 290 g/mol. The Morgan fingerprint density at radius 3 is 2.57 bits per heavy atom. The molecule has 1 aromatic carbocycles. The highest BCUT2D eigenvalue weighted by atomic mass is 35.5. The largest absolute Gasteiger partial charge is 0.480 e. The van der Waals surface area contributed by atoms with E-state index in [0.29, 0.717) is 5.02 Å². The van der Waals surface area contributed by atoms with Crippen LogP contribution >= 0.6 is 11.6 Å². The van der Waals surface area contributed by atoms with Crippen LogP contribution in [0.2, 0.25) is 5.02 Å². The van der Waals surface area contributed by atoms with E-state index in [1.807, 2.05) is 44.7 Å². The van der Waals surface area contributed by atoms with E-state index in [1.54, 1.807) is 12.1 Å². The monoisotopic (exact) mass is 311 g/mol. The Hall–Kier alpha value is -1.26. The van der Waals surface area contributed by atoms with Gasteiger partial charge in [0.2, 0.25) is 0 Å². The maximum absolute atomic E-state index is 11.3. The van der Waals surface area contributed by atoms with Crippen molar-refractivity contribution in [2.24, 2.45) is 0 Å². The van der Waals surface area contributed by atoms with Crippen molar-refractivity contribution < 1.29 is 14.6 Å². The molecule has 0 radical (unpaired) electrons. The van der Waals surface area contributed by atoms with Crippen LogP contribution in [-0.2, 0) is 9.53 Å². The van der Waals surface area contributed by atoms with E-state index >= 15 is 0 Å². The van der Waals surface area contributed by atoms with Crippen LogP contribution < -0.4 is 4.90 Å². The van der Waals surface area contributed by atoms with E-state index in [1.165, 1.54) is 0 Å². The van der Waals surface area contributed by atoms with Gasteiger partial charge in [-0.1, -0.05) is 17.7 Å². The Morgan fingerprint density at radius 1 is 1.43 bits per heavy atom. The number of carbonyl (C=O) groups is 1. The quantitative estimate of drug-likeness (QED) is 0.923. The van der Waals surface area contributed by atoms with Gasteiger partial charge in [-0.3, -0.25) is 4.79 Å². The van der Waals surface area contributed by atoms with Gasteiger partial charge in [-0.25, -0.2) is 0 Å². The average molecular weight is 312 g/mol. The van der Waals surface area contributed by atoms with Gasteiger partial charge < -0.3 is 14.7 Å². The molecule has 1 atom stereocenters. The topological polar surface area (TPSA) is 49.8 Å². The lowest BCUT2D eigenvalue weighted by molar-refractivity contribution is -0.135. The maximum Gasteiger partial charge on any atom is 0.323 e. The first kappa shape index (κ1) is 16.1. The number of ether oxygens (including phenoxy) is 1. The number of nitrogens with zero attached hydrogens (tertiary/aromatic N) is 1. The SMILES string of the molecule is CC1(C)CC(N(CC(=O)O)c2cccc(Cl)c2)C(C)(C)O1. The van der Waals surface area contributed by atoms with Crippen molar-refractivity contribution in [2.45, 2.75) is 51.4 Å². The minimum absolute atomic E-state index is 0.0259. The smallest absolute Gasteiger partial charge is 0.323 e. The zero-order valence-electron chi connectivity index (χ0n) is 12.9. The molecule has 1 heterocycles. The van der Waals surface area contributed by atoms with Gasteiger partial charge in [-0.15, -0.1) is 0 Å².